The Morgan fingerprint density at radius 3 is 2.73 bits per heavy atom. The van der Waals surface area contributed by atoms with Gasteiger partial charge in [-0.2, -0.15) is 9.97 Å². The number of amides is 1. The lowest BCUT2D eigenvalue weighted by Crippen LogP contribution is -2.42. The van der Waals surface area contributed by atoms with Crippen LogP contribution in [-0.4, -0.2) is 62.6 Å². The minimum Gasteiger partial charge on any atom is -0.382 e. The normalized spacial score (nSPS) is 24.0. The highest BCUT2D eigenvalue weighted by atomic mass is 16.8. The third-order valence-corrected chi connectivity index (χ3v) is 6.15. The predicted molar refractivity (Wildman–Crippen MR) is 134 cm³/mol. The summed E-state index contributed by atoms with van der Waals surface area (Å²) in [5, 5.41) is 9.56. The summed E-state index contributed by atoms with van der Waals surface area (Å²) >= 11 is 0. The maximum absolute atomic E-state index is 12.7. The van der Waals surface area contributed by atoms with Gasteiger partial charge in [0.05, 0.1) is 6.33 Å². The Labute approximate surface area is 212 Å². The number of aromatic nitrogens is 4. The van der Waals surface area contributed by atoms with Gasteiger partial charge in [0, 0.05) is 23.7 Å². The lowest BCUT2D eigenvalue weighted by Gasteiger charge is -2.24. The van der Waals surface area contributed by atoms with Crippen molar-refractivity contribution in [3.05, 3.63) is 46.6 Å². The lowest BCUT2D eigenvalue weighted by molar-refractivity contribution is -0.197. The number of nitrogen functional groups attached to an aromatic ring is 1. The van der Waals surface area contributed by atoms with E-state index >= 15 is 0 Å². The molecule has 0 unspecified atom stereocenters. The maximum atomic E-state index is 12.7. The molecule has 0 bridgehead atoms. The first-order valence-corrected chi connectivity index (χ1v) is 12.0. The molecule has 194 valence electrons. The van der Waals surface area contributed by atoms with Crippen LogP contribution in [0.15, 0.2) is 35.7 Å². The van der Waals surface area contributed by atoms with Gasteiger partial charge in [-0.05, 0) is 38.3 Å². The SMILES string of the molecule is CCNC(=O)[C@H]1O[C@@H](n2cnc3c(N)nc(NCCc4ccc(N=[N+]=[N-])cc4)nc32)[C@@H]2OC(C)(C)O[C@@H]21. The van der Waals surface area contributed by atoms with E-state index in [1.807, 2.05) is 19.1 Å². The molecule has 14 nitrogen and oxygen atoms in total. The number of ether oxygens (including phenoxy) is 3. The molecule has 2 saturated heterocycles. The predicted octanol–water partition coefficient (Wildman–Crippen LogP) is 2.56. The summed E-state index contributed by atoms with van der Waals surface area (Å²) in [4.78, 5) is 28.8. The number of hydrogen-bond acceptors (Lipinski definition) is 10. The summed E-state index contributed by atoms with van der Waals surface area (Å²) in [6.45, 7) is 6.45. The number of benzene rings is 1. The average Bonchev–Trinajstić information content (AvgIpc) is 3.51. The second kappa shape index (κ2) is 9.82. The van der Waals surface area contributed by atoms with Gasteiger partial charge >= 0.3 is 0 Å². The van der Waals surface area contributed by atoms with Crippen molar-refractivity contribution in [2.75, 3.05) is 24.1 Å². The molecule has 2 aliphatic heterocycles. The highest BCUT2D eigenvalue weighted by Gasteiger charge is 2.58. The molecular weight excluding hydrogens is 480 g/mol. The standard InChI is InChI=1S/C23H28N10O4/c1-4-26-20(34)16-15-17(37-23(2,3)36-15)21(35-16)33-11-28-14-18(24)29-22(30-19(14)33)27-10-9-12-5-7-13(8-6-12)31-32-25/h5-8,11,15-17,21H,4,9-10H2,1-3H3,(H,26,34)(H3,24,27,29,30)/t15-,16+,17-,21-/m1/s1. The van der Waals surface area contributed by atoms with Gasteiger partial charge in [0.25, 0.3) is 5.91 Å². The Balaban J connectivity index is 1.37. The maximum Gasteiger partial charge on any atom is 0.252 e. The van der Waals surface area contributed by atoms with Crippen molar-refractivity contribution in [2.24, 2.45) is 5.11 Å². The number of imidazole rings is 1. The molecule has 3 aromatic rings. The van der Waals surface area contributed by atoms with Gasteiger partial charge in [0.15, 0.2) is 29.6 Å². The van der Waals surface area contributed by atoms with E-state index in [-0.39, 0.29) is 11.7 Å². The molecule has 0 radical (unpaired) electrons. The van der Waals surface area contributed by atoms with Crippen molar-refractivity contribution >= 4 is 34.5 Å². The van der Waals surface area contributed by atoms with Crippen LogP contribution in [0.1, 0.15) is 32.6 Å². The average molecular weight is 509 g/mol. The van der Waals surface area contributed by atoms with Crippen LogP contribution >= 0.6 is 0 Å². The largest absolute Gasteiger partial charge is 0.382 e. The number of nitrogens with one attached hydrogen (secondary N) is 2. The molecule has 14 heteroatoms. The van der Waals surface area contributed by atoms with Crippen LogP contribution in [0.2, 0.25) is 0 Å². The van der Waals surface area contributed by atoms with Gasteiger partial charge < -0.3 is 30.6 Å². The fraction of sp³-hybridized carbons (Fsp3) is 0.478. The summed E-state index contributed by atoms with van der Waals surface area (Å²) in [7, 11) is 0. The minimum atomic E-state index is -0.877. The number of likely N-dealkylation sites (N-methyl/N-ethyl adjacent to an activating group) is 1. The van der Waals surface area contributed by atoms with Crippen LogP contribution in [0, 0.1) is 0 Å². The van der Waals surface area contributed by atoms with Crippen molar-refractivity contribution in [2.45, 2.75) is 57.5 Å². The molecule has 2 aliphatic rings. The second-order valence-corrected chi connectivity index (χ2v) is 9.20. The van der Waals surface area contributed by atoms with E-state index in [0.29, 0.717) is 42.3 Å². The Hall–Kier alpha value is -3.97. The smallest absolute Gasteiger partial charge is 0.252 e. The molecule has 1 amide bonds. The summed E-state index contributed by atoms with van der Waals surface area (Å²) in [5.41, 5.74) is 17.2. The fourth-order valence-electron chi connectivity index (χ4n) is 4.59. The molecule has 0 aliphatic carbocycles. The number of nitrogens with two attached hydrogens (primary N) is 1. The Morgan fingerprint density at radius 2 is 2.00 bits per heavy atom. The zero-order chi connectivity index (χ0) is 26.2. The molecule has 4 atom stereocenters. The topological polar surface area (TPSA) is 187 Å². The van der Waals surface area contributed by atoms with Gasteiger partial charge in [-0.15, -0.1) is 0 Å². The van der Waals surface area contributed by atoms with Gasteiger partial charge in [-0.3, -0.25) is 9.36 Å². The minimum absolute atomic E-state index is 0.212. The van der Waals surface area contributed by atoms with E-state index in [4.69, 9.17) is 25.5 Å². The highest BCUT2D eigenvalue weighted by molar-refractivity contribution is 5.83. The van der Waals surface area contributed by atoms with E-state index in [0.717, 1.165) is 5.56 Å². The van der Waals surface area contributed by atoms with Gasteiger partial charge in [0.2, 0.25) is 5.95 Å². The molecule has 1 aromatic carbocycles. The monoisotopic (exact) mass is 508 g/mol. The van der Waals surface area contributed by atoms with E-state index in [9.17, 15) is 4.79 Å². The number of fused-ring (bicyclic) bond motifs is 2. The summed E-state index contributed by atoms with van der Waals surface area (Å²) < 4.78 is 20.0. The summed E-state index contributed by atoms with van der Waals surface area (Å²) in [5.74, 6) is -0.604. The molecule has 5 rings (SSSR count). The first-order valence-electron chi connectivity index (χ1n) is 12.0. The Morgan fingerprint density at radius 1 is 1.24 bits per heavy atom. The number of azide groups is 1. The molecule has 0 saturated carbocycles. The highest BCUT2D eigenvalue weighted by Crippen LogP contribution is 2.44. The number of nitrogens with zero attached hydrogens (tertiary/aromatic N) is 7. The van der Waals surface area contributed by atoms with E-state index in [1.165, 1.54) is 0 Å². The molecular formula is C23H28N10O4. The second-order valence-electron chi connectivity index (χ2n) is 9.20. The zero-order valence-corrected chi connectivity index (χ0v) is 20.7. The first kappa shape index (κ1) is 24.7. The molecule has 37 heavy (non-hydrogen) atoms. The Kier molecular flexibility index (Phi) is 6.56. The number of hydrogen-bond donors (Lipinski definition) is 3. The van der Waals surface area contributed by atoms with Crippen LogP contribution in [0.4, 0.5) is 17.5 Å². The number of carbonyl (C=O) groups is 1. The van der Waals surface area contributed by atoms with Crippen LogP contribution in [0.3, 0.4) is 0 Å². The molecule has 0 spiro atoms. The van der Waals surface area contributed by atoms with Gasteiger partial charge in [0.1, 0.15) is 17.7 Å². The third-order valence-electron chi connectivity index (χ3n) is 6.15. The van der Waals surface area contributed by atoms with E-state index in [1.54, 1.807) is 36.9 Å². The van der Waals surface area contributed by atoms with Crippen molar-refractivity contribution in [1.29, 1.82) is 0 Å². The molecule has 2 aromatic heterocycles. The quantitative estimate of drug-likeness (QED) is 0.233. The van der Waals surface area contributed by atoms with Gasteiger partial charge in [-0.1, -0.05) is 29.4 Å². The zero-order valence-electron chi connectivity index (χ0n) is 20.7. The van der Waals surface area contributed by atoms with Crippen LogP contribution in [-0.2, 0) is 25.4 Å². The number of carbonyl (C=O) groups excluding carboxylic acids is 1. The van der Waals surface area contributed by atoms with Crippen molar-refractivity contribution < 1.29 is 19.0 Å². The van der Waals surface area contributed by atoms with Crippen molar-refractivity contribution in [1.82, 2.24) is 24.8 Å². The van der Waals surface area contributed by atoms with Crippen LogP contribution in [0.5, 0.6) is 0 Å². The third kappa shape index (κ3) is 4.87. The Bertz CT molecular complexity index is 1350. The van der Waals surface area contributed by atoms with Crippen LogP contribution in [0.25, 0.3) is 21.6 Å². The van der Waals surface area contributed by atoms with E-state index < -0.39 is 30.3 Å². The summed E-state index contributed by atoms with van der Waals surface area (Å²) in [6.07, 6.45) is -0.466. The fourth-order valence-corrected chi connectivity index (χ4v) is 4.59. The first-order chi connectivity index (χ1) is 17.8. The molecule has 4 heterocycles. The van der Waals surface area contributed by atoms with Gasteiger partial charge in [-0.25, -0.2) is 4.98 Å². The van der Waals surface area contributed by atoms with E-state index in [2.05, 4.69) is 35.6 Å². The molecule has 2 fully saturated rings. The number of anilines is 2. The van der Waals surface area contributed by atoms with Crippen molar-refractivity contribution in [3.63, 3.8) is 0 Å². The summed E-state index contributed by atoms with van der Waals surface area (Å²) in [6, 6.07) is 7.30. The number of rotatable bonds is 8. The van der Waals surface area contributed by atoms with Crippen LogP contribution < -0.4 is 16.4 Å². The lowest BCUT2D eigenvalue weighted by atomic mass is 10.1. The molecule has 4 N–H and O–H groups in total. The van der Waals surface area contributed by atoms with Crippen molar-refractivity contribution in [3.8, 4) is 0 Å².